The third-order valence-electron chi connectivity index (χ3n) is 4.18. The highest BCUT2D eigenvalue weighted by molar-refractivity contribution is 5.85. The molecule has 5 heteroatoms. The quantitative estimate of drug-likeness (QED) is 0.797. The summed E-state index contributed by atoms with van der Waals surface area (Å²) in [4.78, 5) is 2.53. The molecule has 2 saturated heterocycles. The summed E-state index contributed by atoms with van der Waals surface area (Å²) in [7, 11) is 0. The average molecular weight is 279 g/mol. The molecule has 108 valence electrons. The van der Waals surface area contributed by atoms with Gasteiger partial charge in [-0.3, -0.25) is 4.90 Å². The van der Waals surface area contributed by atoms with Gasteiger partial charge in [0.15, 0.2) is 0 Å². The Hall–Kier alpha value is 0.130. The Kier molecular flexibility index (Phi) is 5.06. The van der Waals surface area contributed by atoms with Gasteiger partial charge in [0, 0.05) is 30.2 Å². The Morgan fingerprint density at radius 3 is 1.89 bits per heavy atom. The van der Waals surface area contributed by atoms with Gasteiger partial charge in [-0.1, -0.05) is 0 Å². The maximum absolute atomic E-state index is 10.3. The van der Waals surface area contributed by atoms with E-state index < -0.39 is 0 Å². The molecule has 0 aromatic heterocycles. The Bertz CT molecular complexity index is 260. The summed E-state index contributed by atoms with van der Waals surface area (Å²) < 4.78 is 5.41. The molecule has 2 fully saturated rings. The summed E-state index contributed by atoms with van der Waals surface area (Å²) in [6.07, 6.45) is 2.04. The van der Waals surface area contributed by atoms with Gasteiger partial charge in [0.2, 0.25) is 0 Å². The van der Waals surface area contributed by atoms with E-state index in [4.69, 9.17) is 4.74 Å². The predicted octanol–water partition coefficient (Wildman–Crippen LogP) is 2.15. The largest absolute Gasteiger partial charge is 0.379 e. The van der Waals surface area contributed by atoms with Gasteiger partial charge in [-0.2, -0.15) is 5.06 Å². The second-order valence-electron chi connectivity index (χ2n) is 6.65. The minimum absolute atomic E-state index is 0. The maximum atomic E-state index is 10.3. The lowest BCUT2D eigenvalue weighted by Crippen LogP contribution is -2.63. The molecule has 2 aliphatic rings. The minimum Gasteiger partial charge on any atom is -0.379 e. The van der Waals surface area contributed by atoms with Crippen molar-refractivity contribution in [2.24, 2.45) is 0 Å². The summed E-state index contributed by atoms with van der Waals surface area (Å²) in [5, 5.41) is 11.8. The molecule has 0 aromatic carbocycles. The standard InChI is InChI=1S/C13H26N2O2.ClH/c1-12(2)9-11(10-13(3,4)15(12)16)14-5-7-17-8-6-14;/h11,16H,5-10H2,1-4H3;1H. The summed E-state index contributed by atoms with van der Waals surface area (Å²) in [5.41, 5.74) is -0.296. The van der Waals surface area contributed by atoms with Crippen molar-refractivity contribution in [3.8, 4) is 0 Å². The van der Waals surface area contributed by atoms with Crippen LogP contribution in [-0.4, -0.2) is 58.6 Å². The SMILES string of the molecule is CC1(C)CC(N2CCOCC2)CC(C)(C)N1O.Cl. The van der Waals surface area contributed by atoms with Crippen LogP contribution in [-0.2, 0) is 4.74 Å². The zero-order valence-corrected chi connectivity index (χ0v) is 12.8. The van der Waals surface area contributed by atoms with E-state index in [2.05, 4.69) is 32.6 Å². The first kappa shape index (κ1) is 16.2. The van der Waals surface area contributed by atoms with Gasteiger partial charge in [0.1, 0.15) is 0 Å². The number of hydrogen-bond acceptors (Lipinski definition) is 4. The lowest BCUT2D eigenvalue weighted by atomic mass is 9.78. The third-order valence-corrected chi connectivity index (χ3v) is 4.18. The highest BCUT2D eigenvalue weighted by Gasteiger charge is 2.46. The first-order valence-electron chi connectivity index (χ1n) is 6.64. The van der Waals surface area contributed by atoms with Crippen molar-refractivity contribution >= 4 is 12.4 Å². The molecule has 1 N–H and O–H groups in total. The molecule has 0 spiro atoms. The molecule has 0 bridgehead atoms. The van der Waals surface area contributed by atoms with Crippen LogP contribution >= 0.6 is 12.4 Å². The number of rotatable bonds is 1. The summed E-state index contributed by atoms with van der Waals surface area (Å²) in [5.74, 6) is 0. The van der Waals surface area contributed by atoms with E-state index in [9.17, 15) is 5.21 Å². The van der Waals surface area contributed by atoms with Crippen molar-refractivity contribution in [1.82, 2.24) is 9.96 Å². The zero-order valence-electron chi connectivity index (χ0n) is 12.0. The van der Waals surface area contributed by atoms with Crippen LogP contribution in [0.4, 0.5) is 0 Å². The minimum atomic E-state index is -0.148. The number of morpholine rings is 1. The fraction of sp³-hybridized carbons (Fsp3) is 1.00. The Morgan fingerprint density at radius 2 is 1.44 bits per heavy atom. The number of hydroxylamine groups is 2. The molecule has 0 aliphatic carbocycles. The van der Waals surface area contributed by atoms with Crippen molar-refractivity contribution in [2.45, 2.75) is 57.7 Å². The van der Waals surface area contributed by atoms with Gasteiger partial charge in [-0.15, -0.1) is 12.4 Å². The van der Waals surface area contributed by atoms with Gasteiger partial charge in [0.05, 0.1) is 13.2 Å². The van der Waals surface area contributed by atoms with E-state index in [-0.39, 0.29) is 23.5 Å². The smallest absolute Gasteiger partial charge is 0.0594 e. The zero-order chi connectivity index (χ0) is 12.7. The number of halogens is 1. The van der Waals surface area contributed by atoms with Crippen molar-refractivity contribution in [3.05, 3.63) is 0 Å². The molecule has 0 unspecified atom stereocenters. The van der Waals surface area contributed by atoms with Crippen LogP contribution in [0.25, 0.3) is 0 Å². The molecule has 4 nitrogen and oxygen atoms in total. The fourth-order valence-corrected chi connectivity index (χ4v) is 3.42. The maximum Gasteiger partial charge on any atom is 0.0594 e. The molecular weight excluding hydrogens is 252 g/mol. The number of ether oxygens (including phenoxy) is 1. The van der Waals surface area contributed by atoms with Gasteiger partial charge in [0.25, 0.3) is 0 Å². The average Bonchev–Trinajstić information content (AvgIpc) is 2.26. The Balaban J connectivity index is 0.00000162. The van der Waals surface area contributed by atoms with E-state index in [1.165, 1.54) is 0 Å². The molecular formula is C13H27ClN2O2. The van der Waals surface area contributed by atoms with Crippen LogP contribution < -0.4 is 0 Å². The molecule has 18 heavy (non-hydrogen) atoms. The summed E-state index contributed by atoms with van der Waals surface area (Å²) >= 11 is 0. The van der Waals surface area contributed by atoms with E-state index in [1.807, 2.05) is 0 Å². The first-order valence-corrected chi connectivity index (χ1v) is 6.64. The third kappa shape index (κ3) is 3.17. The molecule has 0 saturated carbocycles. The lowest BCUT2D eigenvalue weighted by molar-refractivity contribution is -0.253. The normalized spacial score (nSPS) is 29.8. The fourth-order valence-electron chi connectivity index (χ4n) is 3.42. The topological polar surface area (TPSA) is 35.9 Å². The molecule has 0 amide bonds. The number of hydrogen-bond donors (Lipinski definition) is 1. The van der Waals surface area contributed by atoms with Crippen molar-refractivity contribution in [2.75, 3.05) is 26.3 Å². The van der Waals surface area contributed by atoms with Crippen molar-refractivity contribution in [1.29, 1.82) is 0 Å². The Labute approximate surface area is 117 Å². The van der Waals surface area contributed by atoms with Gasteiger partial charge in [-0.25, -0.2) is 0 Å². The van der Waals surface area contributed by atoms with Gasteiger partial charge >= 0.3 is 0 Å². The molecule has 0 atom stereocenters. The molecule has 2 aliphatic heterocycles. The number of piperidine rings is 1. The van der Waals surface area contributed by atoms with Crippen molar-refractivity contribution in [3.63, 3.8) is 0 Å². The second kappa shape index (κ2) is 5.63. The molecule has 0 aromatic rings. The van der Waals surface area contributed by atoms with Gasteiger partial charge < -0.3 is 9.94 Å². The molecule has 2 heterocycles. The second-order valence-corrected chi connectivity index (χ2v) is 6.65. The highest BCUT2D eigenvalue weighted by atomic mass is 35.5. The van der Waals surface area contributed by atoms with Crippen LogP contribution in [0.15, 0.2) is 0 Å². The van der Waals surface area contributed by atoms with E-state index in [1.54, 1.807) is 5.06 Å². The highest BCUT2D eigenvalue weighted by Crippen LogP contribution is 2.38. The lowest BCUT2D eigenvalue weighted by Gasteiger charge is -2.54. The predicted molar refractivity (Wildman–Crippen MR) is 74.4 cm³/mol. The van der Waals surface area contributed by atoms with E-state index in [0.29, 0.717) is 6.04 Å². The molecule has 0 radical (unpaired) electrons. The Morgan fingerprint density at radius 1 is 1.00 bits per heavy atom. The molecule has 2 rings (SSSR count). The van der Waals surface area contributed by atoms with Crippen LogP contribution in [0, 0.1) is 0 Å². The summed E-state index contributed by atoms with van der Waals surface area (Å²) in [6, 6.07) is 0.562. The van der Waals surface area contributed by atoms with E-state index >= 15 is 0 Å². The van der Waals surface area contributed by atoms with Crippen LogP contribution in [0.3, 0.4) is 0 Å². The van der Waals surface area contributed by atoms with Crippen LogP contribution in [0.5, 0.6) is 0 Å². The van der Waals surface area contributed by atoms with E-state index in [0.717, 1.165) is 39.1 Å². The monoisotopic (exact) mass is 278 g/mol. The van der Waals surface area contributed by atoms with Gasteiger partial charge in [-0.05, 0) is 40.5 Å². The number of nitrogens with zero attached hydrogens (tertiary/aromatic N) is 2. The first-order chi connectivity index (χ1) is 7.83. The van der Waals surface area contributed by atoms with Crippen molar-refractivity contribution < 1.29 is 9.94 Å². The summed E-state index contributed by atoms with van der Waals surface area (Å²) in [6.45, 7) is 12.3. The van der Waals surface area contributed by atoms with Crippen LogP contribution in [0.1, 0.15) is 40.5 Å². The van der Waals surface area contributed by atoms with Crippen LogP contribution in [0.2, 0.25) is 0 Å².